The largest absolute Gasteiger partial charge is 0.361 e. The van der Waals surface area contributed by atoms with Gasteiger partial charge < -0.3 is 20.9 Å². The number of benzene rings is 3. The van der Waals surface area contributed by atoms with Gasteiger partial charge in [-0.15, -0.1) is 0 Å². The summed E-state index contributed by atoms with van der Waals surface area (Å²) in [5.74, 6) is -0.390. The fourth-order valence-corrected chi connectivity index (χ4v) is 4.08. The zero-order valence-corrected chi connectivity index (χ0v) is 20.0. The summed E-state index contributed by atoms with van der Waals surface area (Å²) in [5, 5.41) is 10.3. The van der Waals surface area contributed by atoms with Gasteiger partial charge in [-0.2, -0.15) is 0 Å². The van der Waals surface area contributed by atoms with Gasteiger partial charge in [0.1, 0.15) is 6.04 Å². The van der Waals surface area contributed by atoms with Crippen molar-refractivity contribution in [1.29, 1.82) is 0 Å². The minimum atomic E-state index is -0.682. The Morgan fingerprint density at radius 2 is 1.49 bits per heavy atom. The minimum Gasteiger partial charge on any atom is -0.361 e. The van der Waals surface area contributed by atoms with Crippen LogP contribution in [0.3, 0.4) is 0 Å². The van der Waals surface area contributed by atoms with Crippen molar-refractivity contribution >= 4 is 22.7 Å². The van der Waals surface area contributed by atoms with Crippen LogP contribution in [0.5, 0.6) is 0 Å². The maximum absolute atomic E-state index is 13.2. The lowest BCUT2D eigenvalue weighted by Gasteiger charge is -2.21. The van der Waals surface area contributed by atoms with Gasteiger partial charge in [0.05, 0.1) is 6.04 Å². The molecule has 0 aliphatic carbocycles. The lowest BCUT2D eigenvalue weighted by Crippen LogP contribution is -2.53. The highest BCUT2D eigenvalue weighted by Crippen LogP contribution is 2.19. The SMILES string of the molecule is C[C@H](NCc1ccccc1)C(=O)N[C@@H](Cc1c[nH]c2ccccc12)C(=O)NCCc1ccccc1. The number of amides is 2. The van der Waals surface area contributed by atoms with Gasteiger partial charge in [0.15, 0.2) is 0 Å². The molecule has 1 aromatic heterocycles. The molecule has 0 spiro atoms. The summed E-state index contributed by atoms with van der Waals surface area (Å²) < 4.78 is 0. The molecule has 3 aromatic carbocycles. The van der Waals surface area contributed by atoms with Crippen LogP contribution in [0.15, 0.2) is 91.1 Å². The van der Waals surface area contributed by atoms with E-state index < -0.39 is 12.1 Å². The van der Waals surface area contributed by atoms with Gasteiger partial charge in [-0.05, 0) is 36.1 Å². The average molecular weight is 469 g/mol. The molecule has 35 heavy (non-hydrogen) atoms. The van der Waals surface area contributed by atoms with Crippen LogP contribution in [0.25, 0.3) is 10.9 Å². The van der Waals surface area contributed by atoms with E-state index in [1.165, 1.54) is 0 Å². The molecule has 0 saturated heterocycles. The van der Waals surface area contributed by atoms with Crippen molar-refractivity contribution in [3.05, 3.63) is 108 Å². The quantitative estimate of drug-likeness (QED) is 0.271. The molecule has 1 heterocycles. The van der Waals surface area contributed by atoms with Gasteiger partial charge in [-0.25, -0.2) is 0 Å². The molecule has 0 fully saturated rings. The molecule has 4 N–H and O–H groups in total. The van der Waals surface area contributed by atoms with Crippen LogP contribution in [-0.4, -0.2) is 35.4 Å². The second-order valence-electron chi connectivity index (χ2n) is 8.74. The van der Waals surface area contributed by atoms with E-state index in [0.29, 0.717) is 19.5 Å². The minimum absolute atomic E-state index is 0.185. The maximum atomic E-state index is 13.2. The van der Waals surface area contributed by atoms with Crippen LogP contribution in [0.2, 0.25) is 0 Å². The van der Waals surface area contributed by atoms with Crippen molar-refractivity contribution < 1.29 is 9.59 Å². The van der Waals surface area contributed by atoms with E-state index in [4.69, 9.17) is 0 Å². The van der Waals surface area contributed by atoms with Crippen LogP contribution >= 0.6 is 0 Å². The first kappa shape index (κ1) is 24.2. The highest BCUT2D eigenvalue weighted by Gasteiger charge is 2.24. The summed E-state index contributed by atoms with van der Waals surface area (Å²) in [5.41, 5.74) is 4.26. The second kappa shape index (κ2) is 12.0. The van der Waals surface area contributed by atoms with E-state index >= 15 is 0 Å². The molecule has 6 heteroatoms. The topological polar surface area (TPSA) is 86.0 Å². The monoisotopic (exact) mass is 468 g/mol. The number of carbonyl (C=O) groups is 2. The number of hydrogen-bond donors (Lipinski definition) is 4. The maximum Gasteiger partial charge on any atom is 0.242 e. The van der Waals surface area contributed by atoms with Crippen molar-refractivity contribution in [2.45, 2.75) is 38.4 Å². The van der Waals surface area contributed by atoms with Gasteiger partial charge in [0, 0.05) is 36.6 Å². The third-order valence-corrected chi connectivity index (χ3v) is 6.14. The first-order valence-electron chi connectivity index (χ1n) is 12.0. The van der Waals surface area contributed by atoms with Crippen molar-refractivity contribution in [3.8, 4) is 0 Å². The Hall–Kier alpha value is -3.90. The van der Waals surface area contributed by atoms with Crippen LogP contribution < -0.4 is 16.0 Å². The molecule has 4 rings (SSSR count). The number of carbonyl (C=O) groups excluding carboxylic acids is 2. The van der Waals surface area contributed by atoms with Gasteiger partial charge in [-0.3, -0.25) is 9.59 Å². The summed E-state index contributed by atoms with van der Waals surface area (Å²) in [4.78, 5) is 29.4. The zero-order valence-electron chi connectivity index (χ0n) is 20.0. The van der Waals surface area contributed by atoms with Crippen molar-refractivity contribution in [2.75, 3.05) is 6.54 Å². The predicted octanol–water partition coefficient (Wildman–Crippen LogP) is 3.73. The molecule has 2 amide bonds. The molecular formula is C29H32N4O2. The normalized spacial score (nSPS) is 12.7. The first-order chi connectivity index (χ1) is 17.1. The lowest BCUT2D eigenvalue weighted by molar-refractivity contribution is -0.129. The molecule has 0 radical (unpaired) electrons. The van der Waals surface area contributed by atoms with Gasteiger partial charge in [0.2, 0.25) is 11.8 Å². The Labute approximate surface area is 206 Å². The first-order valence-corrected chi connectivity index (χ1v) is 12.0. The second-order valence-corrected chi connectivity index (χ2v) is 8.74. The Morgan fingerprint density at radius 3 is 2.23 bits per heavy atom. The van der Waals surface area contributed by atoms with Crippen molar-refractivity contribution in [3.63, 3.8) is 0 Å². The number of fused-ring (bicyclic) bond motifs is 1. The third-order valence-electron chi connectivity index (χ3n) is 6.14. The summed E-state index contributed by atoms with van der Waals surface area (Å²) in [6, 6.07) is 26.8. The van der Waals surface area contributed by atoms with Crippen LogP contribution in [-0.2, 0) is 29.0 Å². The number of nitrogens with one attached hydrogen (secondary N) is 4. The zero-order chi connectivity index (χ0) is 24.5. The number of hydrogen-bond acceptors (Lipinski definition) is 3. The molecule has 0 bridgehead atoms. The highest BCUT2D eigenvalue weighted by atomic mass is 16.2. The van der Waals surface area contributed by atoms with Crippen LogP contribution in [0.1, 0.15) is 23.6 Å². The summed E-state index contributed by atoms with van der Waals surface area (Å²) in [6.07, 6.45) is 3.05. The summed E-state index contributed by atoms with van der Waals surface area (Å²) in [6.45, 7) is 2.89. The molecule has 2 atom stereocenters. The standard InChI is InChI=1S/C29H32N4O2/c1-21(31-19-23-12-6-3-7-13-23)28(34)33-27(18-24-20-32-26-15-9-8-14-25(24)26)29(35)30-17-16-22-10-4-2-5-11-22/h2-15,20-21,27,31-32H,16-19H2,1H3,(H,30,35)(H,33,34)/t21-,27-/m0/s1. The van der Waals surface area contributed by atoms with Gasteiger partial charge >= 0.3 is 0 Å². The molecule has 0 aliphatic rings. The fourth-order valence-electron chi connectivity index (χ4n) is 4.08. The lowest BCUT2D eigenvalue weighted by atomic mass is 10.0. The summed E-state index contributed by atoms with van der Waals surface area (Å²) >= 11 is 0. The third kappa shape index (κ3) is 6.80. The molecule has 0 aliphatic heterocycles. The van der Waals surface area contributed by atoms with E-state index in [-0.39, 0.29) is 11.8 Å². The Balaban J connectivity index is 1.41. The molecule has 0 saturated carbocycles. The van der Waals surface area contributed by atoms with Crippen LogP contribution in [0.4, 0.5) is 0 Å². The van der Waals surface area contributed by atoms with Gasteiger partial charge in [-0.1, -0.05) is 78.9 Å². The Kier molecular flexibility index (Phi) is 8.30. The highest BCUT2D eigenvalue weighted by molar-refractivity contribution is 5.91. The van der Waals surface area contributed by atoms with E-state index in [2.05, 4.69) is 20.9 Å². The fraction of sp³-hybridized carbons (Fsp3) is 0.241. The van der Waals surface area contributed by atoms with Crippen LogP contribution in [0, 0.1) is 0 Å². The smallest absolute Gasteiger partial charge is 0.242 e. The number of H-pyrrole nitrogens is 1. The number of aromatic amines is 1. The van der Waals surface area contributed by atoms with E-state index in [0.717, 1.165) is 34.0 Å². The Morgan fingerprint density at radius 1 is 0.829 bits per heavy atom. The molecular weight excluding hydrogens is 436 g/mol. The molecule has 0 unspecified atom stereocenters. The molecule has 4 aromatic rings. The van der Waals surface area contributed by atoms with Crippen molar-refractivity contribution in [2.24, 2.45) is 0 Å². The average Bonchev–Trinajstić information content (AvgIpc) is 3.30. The van der Waals surface area contributed by atoms with E-state index in [1.807, 2.05) is 98.0 Å². The predicted molar refractivity (Wildman–Crippen MR) is 140 cm³/mol. The molecule has 6 nitrogen and oxygen atoms in total. The van der Waals surface area contributed by atoms with Crippen molar-refractivity contribution in [1.82, 2.24) is 20.9 Å². The Bertz CT molecular complexity index is 1240. The molecule has 180 valence electrons. The number of para-hydroxylation sites is 1. The summed E-state index contributed by atoms with van der Waals surface area (Å²) in [7, 11) is 0. The van der Waals surface area contributed by atoms with Gasteiger partial charge in [0.25, 0.3) is 0 Å². The van der Waals surface area contributed by atoms with E-state index in [9.17, 15) is 9.59 Å². The van der Waals surface area contributed by atoms with E-state index in [1.54, 1.807) is 0 Å². The number of rotatable bonds is 11. The number of aromatic nitrogens is 1.